The molecule has 0 heterocycles. The van der Waals surface area contributed by atoms with Gasteiger partial charge in [-0.2, -0.15) is 12.6 Å². The lowest BCUT2D eigenvalue weighted by molar-refractivity contribution is -0.141. The smallest absolute Gasteiger partial charge is 0.325 e. The van der Waals surface area contributed by atoms with Gasteiger partial charge in [0.15, 0.2) is 0 Å². The maximum atomic E-state index is 11.6. The van der Waals surface area contributed by atoms with Crippen LogP contribution in [-0.2, 0) is 14.4 Å². The second-order valence-electron chi connectivity index (χ2n) is 3.60. The number of aliphatic carboxylic acids is 1. The molecule has 0 radical (unpaired) electrons. The van der Waals surface area contributed by atoms with E-state index in [0.717, 1.165) is 0 Å². The predicted octanol–water partition coefficient (Wildman–Crippen LogP) is -2.69. The van der Waals surface area contributed by atoms with Crippen LogP contribution in [0.3, 0.4) is 0 Å². The molecule has 0 aromatic heterocycles. The van der Waals surface area contributed by atoms with Crippen molar-refractivity contribution in [3.05, 3.63) is 0 Å². The van der Waals surface area contributed by atoms with E-state index in [4.69, 9.17) is 15.9 Å². The summed E-state index contributed by atoms with van der Waals surface area (Å²) < 4.78 is 0. The summed E-state index contributed by atoms with van der Waals surface area (Å²) in [6.45, 7) is 0.732. The van der Waals surface area contributed by atoms with E-state index < -0.39 is 42.5 Å². The molecule has 0 aromatic carbocycles. The summed E-state index contributed by atoms with van der Waals surface area (Å²) in [5, 5.41) is 21.7. The Balaban J connectivity index is 4.45. The summed E-state index contributed by atoms with van der Waals surface area (Å²) in [5.41, 5.74) is 5.26. The number of nitrogens with one attached hydrogen (secondary N) is 2. The van der Waals surface area contributed by atoms with Crippen LogP contribution in [0.2, 0.25) is 0 Å². The lowest BCUT2D eigenvalue weighted by Crippen LogP contribution is -2.55. The van der Waals surface area contributed by atoms with Gasteiger partial charge in [-0.1, -0.05) is 0 Å². The number of aliphatic hydroxyl groups is 1. The largest absolute Gasteiger partial charge is 0.480 e. The Morgan fingerprint density at radius 1 is 1.28 bits per heavy atom. The van der Waals surface area contributed by atoms with Gasteiger partial charge in [0.1, 0.15) is 18.1 Å². The van der Waals surface area contributed by atoms with Crippen molar-refractivity contribution >= 4 is 30.4 Å². The summed E-state index contributed by atoms with van der Waals surface area (Å²) in [6.07, 6.45) is 0. The Hall–Kier alpha value is -1.32. The van der Waals surface area contributed by atoms with Gasteiger partial charge in [0, 0.05) is 5.75 Å². The highest BCUT2D eigenvalue weighted by Gasteiger charge is 2.24. The zero-order chi connectivity index (χ0) is 14.3. The van der Waals surface area contributed by atoms with Crippen LogP contribution in [0.25, 0.3) is 0 Å². The lowest BCUT2D eigenvalue weighted by Gasteiger charge is -2.19. The number of hydrogen-bond donors (Lipinski definition) is 6. The fourth-order valence-electron chi connectivity index (χ4n) is 0.931. The molecule has 0 aliphatic heterocycles. The molecule has 0 fully saturated rings. The second-order valence-corrected chi connectivity index (χ2v) is 3.97. The molecule has 0 saturated heterocycles. The molecule has 0 unspecified atom stereocenters. The van der Waals surface area contributed by atoms with E-state index in [-0.39, 0.29) is 5.75 Å². The molecule has 104 valence electrons. The van der Waals surface area contributed by atoms with Crippen molar-refractivity contribution in [3.63, 3.8) is 0 Å². The highest BCUT2D eigenvalue weighted by atomic mass is 32.1. The molecule has 6 N–H and O–H groups in total. The Kier molecular flexibility index (Phi) is 7.32. The molecule has 9 heteroatoms. The van der Waals surface area contributed by atoms with Crippen molar-refractivity contribution in [2.45, 2.75) is 25.0 Å². The van der Waals surface area contributed by atoms with Gasteiger partial charge in [-0.15, -0.1) is 0 Å². The van der Waals surface area contributed by atoms with Crippen LogP contribution in [0, 0.1) is 0 Å². The number of thiol groups is 1. The predicted molar refractivity (Wildman–Crippen MR) is 66.1 cm³/mol. The van der Waals surface area contributed by atoms with Gasteiger partial charge in [-0.25, -0.2) is 0 Å². The topological polar surface area (TPSA) is 142 Å². The van der Waals surface area contributed by atoms with Gasteiger partial charge in [-0.3, -0.25) is 14.4 Å². The maximum absolute atomic E-state index is 11.6. The molecule has 0 saturated carbocycles. The molecular formula is C9H17N3O5S. The number of rotatable bonds is 7. The van der Waals surface area contributed by atoms with E-state index in [2.05, 4.69) is 23.3 Å². The zero-order valence-electron chi connectivity index (χ0n) is 9.79. The van der Waals surface area contributed by atoms with E-state index >= 15 is 0 Å². The van der Waals surface area contributed by atoms with Crippen LogP contribution < -0.4 is 16.4 Å². The average molecular weight is 279 g/mol. The number of carbonyl (C=O) groups is 3. The molecule has 2 amide bonds. The van der Waals surface area contributed by atoms with Crippen LogP contribution in [0.1, 0.15) is 6.92 Å². The molecule has 0 bridgehead atoms. The number of carboxylic acid groups (broad SMARTS) is 1. The highest BCUT2D eigenvalue weighted by Crippen LogP contribution is 1.92. The van der Waals surface area contributed by atoms with Crippen LogP contribution >= 0.6 is 12.6 Å². The lowest BCUT2D eigenvalue weighted by atomic mass is 10.2. The first-order chi connectivity index (χ1) is 8.33. The SMILES string of the molecule is C[C@H](NC(=O)[C@H](CS)NC(=O)[C@@H](N)CO)C(=O)O. The maximum Gasteiger partial charge on any atom is 0.325 e. The van der Waals surface area contributed by atoms with Crippen molar-refractivity contribution in [2.75, 3.05) is 12.4 Å². The van der Waals surface area contributed by atoms with Crippen molar-refractivity contribution in [2.24, 2.45) is 5.73 Å². The normalized spacial score (nSPS) is 15.3. The van der Waals surface area contributed by atoms with E-state index in [1.807, 2.05) is 0 Å². The van der Waals surface area contributed by atoms with Gasteiger partial charge in [0.05, 0.1) is 6.61 Å². The summed E-state index contributed by atoms with van der Waals surface area (Å²) in [5.74, 6) is -2.62. The molecule has 0 aromatic rings. The molecule has 18 heavy (non-hydrogen) atoms. The van der Waals surface area contributed by atoms with Crippen molar-refractivity contribution in [3.8, 4) is 0 Å². The van der Waals surface area contributed by atoms with Crippen LogP contribution in [-0.4, -0.2) is 58.5 Å². The number of nitrogens with two attached hydrogens (primary N) is 1. The Labute approximate surface area is 109 Å². The third-order valence-corrected chi connectivity index (χ3v) is 2.44. The fourth-order valence-corrected chi connectivity index (χ4v) is 1.19. The van der Waals surface area contributed by atoms with E-state index in [1.165, 1.54) is 6.92 Å². The van der Waals surface area contributed by atoms with Gasteiger partial charge in [0.25, 0.3) is 0 Å². The molecular weight excluding hydrogens is 262 g/mol. The Bertz CT molecular complexity index is 325. The minimum Gasteiger partial charge on any atom is -0.480 e. The molecule has 0 spiro atoms. The zero-order valence-corrected chi connectivity index (χ0v) is 10.7. The van der Waals surface area contributed by atoms with Crippen LogP contribution in [0.15, 0.2) is 0 Å². The van der Waals surface area contributed by atoms with Crippen LogP contribution in [0.4, 0.5) is 0 Å². The Morgan fingerprint density at radius 2 is 1.83 bits per heavy atom. The number of hydrogen-bond acceptors (Lipinski definition) is 6. The number of carbonyl (C=O) groups excluding carboxylic acids is 2. The van der Waals surface area contributed by atoms with Gasteiger partial charge >= 0.3 is 5.97 Å². The number of amides is 2. The summed E-state index contributed by atoms with van der Waals surface area (Å²) in [7, 11) is 0. The molecule has 3 atom stereocenters. The monoisotopic (exact) mass is 279 g/mol. The minimum atomic E-state index is -1.19. The first-order valence-electron chi connectivity index (χ1n) is 5.14. The number of aliphatic hydroxyl groups excluding tert-OH is 1. The van der Waals surface area contributed by atoms with Crippen LogP contribution in [0.5, 0.6) is 0 Å². The molecule has 0 rings (SSSR count). The first-order valence-corrected chi connectivity index (χ1v) is 5.77. The van der Waals surface area contributed by atoms with Gasteiger partial charge < -0.3 is 26.6 Å². The van der Waals surface area contributed by atoms with Crippen molar-refractivity contribution < 1.29 is 24.6 Å². The van der Waals surface area contributed by atoms with Crippen molar-refractivity contribution in [1.29, 1.82) is 0 Å². The quantitative estimate of drug-likeness (QED) is 0.280. The first kappa shape index (κ1) is 16.7. The summed E-state index contributed by atoms with van der Waals surface area (Å²) in [6, 6.07) is -3.24. The standard InChI is InChI=1S/C9H17N3O5S/c1-4(9(16)17)11-8(15)6(3-18)12-7(14)5(10)2-13/h4-6,13,18H,2-3,10H2,1H3,(H,11,15)(H,12,14)(H,16,17)/t4-,5-,6-/m0/s1. The molecule has 8 nitrogen and oxygen atoms in total. The van der Waals surface area contributed by atoms with Crippen molar-refractivity contribution in [1.82, 2.24) is 10.6 Å². The minimum absolute atomic E-state index is 0.0257. The van der Waals surface area contributed by atoms with E-state index in [1.54, 1.807) is 0 Å². The average Bonchev–Trinajstić information content (AvgIpc) is 2.33. The van der Waals surface area contributed by atoms with E-state index in [0.29, 0.717) is 0 Å². The summed E-state index contributed by atoms with van der Waals surface area (Å²) >= 11 is 3.88. The fraction of sp³-hybridized carbons (Fsp3) is 0.667. The second kappa shape index (κ2) is 7.90. The molecule has 0 aliphatic carbocycles. The third kappa shape index (κ3) is 5.34. The van der Waals surface area contributed by atoms with Gasteiger partial charge in [-0.05, 0) is 6.92 Å². The third-order valence-electron chi connectivity index (χ3n) is 2.08. The van der Waals surface area contributed by atoms with Gasteiger partial charge in [0.2, 0.25) is 11.8 Å². The molecule has 0 aliphatic rings. The number of carboxylic acids is 1. The summed E-state index contributed by atoms with van der Waals surface area (Å²) in [4.78, 5) is 33.5. The van der Waals surface area contributed by atoms with E-state index in [9.17, 15) is 14.4 Å². The highest BCUT2D eigenvalue weighted by molar-refractivity contribution is 7.80. The Morgan fingerprint density at radius 3 is 2.22 bits per heavy atom.